The summed E-state index contributed by atoms with van der Waals surface area (Å²) < 4.78 is 36.6. The molecule has 0 saturated carbocycles. The summed E-state index contributed by atoms with van der Waals surface area (Å²) in [6, 6.07) is 8.20. The summed E-state index contributed by atoms with van der Waals surface area (Å²) in [5, 5.41) is 0.0874. The number of carbonyl (C=O) groups excluding carboxylic acids is 1. The third-order valence-electron chi connectivity index (χ3n) is 5.78. The Kier molecular flexibility index (Phi) is 7.21. The number of hydrogen-bond donors (Lipinski definition) is 0. The summed E-state index contributed by atoms with van der Waals surface area (Å²) in [6.45, 7) is 8.61. The number of rotatable bonds is 10. The molecule has 1 atom stereocenters. The quantitative estimate of drug-likeness (QED) is 0.304. The first-order valence-electron chi connectivity index (χ1n) is 11.5. The first-order chi connectivity index (χ1) is 16.8. The number of amides is 1. The van der Waals surface area contributed by atoms with Gasteiger partial charge < -0.3 is 23.5 Å². The van der Waals surface area contributed by atoms with Crippen LogP contribution < -0.4 is 14.9 Å². The van der Waals surface area contributed by atoms with E-state index in [1.54, 1.807) is 29.2 Å². The van der Waals surface area contributed by atoms with Gasteiger partial charge in [0.15, 0.2) is 16.9 Å². The molecule has 8 heteroatoms. The first kappa shape index (κ1) is 24.5. The number of halogens is 1. The van der Waals surface area contributed by atoms with E-state index in [-0.39, 0.29) is 28.4 Å². The molecular formula is C27H28FNO6. The molecule has 7 nitrogen and oxygen atoms in total. The van der Waals surface area contributed by atoms with E-state index in [9.17, 15) is 14.0 Å². The zero-order chi connectivity index (χ0) is 25.1. The average molecular weight is 482 g/mol. The standard InChI is InChI=1S/C27H28FNO6/c1-5-12-34-21-9-7-17(14-22(21)32-4)24-23-25(30)19-15-18(28)8-10-20(19)35-26(23)27(31)29(24)11-6-13-33-16(2)3/h5,7-10,14-16,24H,1,6,11-13H2,2-4H3. The number of ether oxygens (including phenoxy) is 3. The minimum Gasteiger partial charge on any atom is -0.493 e. The minimum atomic E-state index is -0.733. The molecule has 0 radical (unpaired) electrons. The van der Waals surface area contributed by atoms with Crippen LogP contribution >= 0.6 is 0 Å². The summed E-state index contributed by atoms with van der Waals surface area (Å²) in [5.41, 5.74) is 0.552. The summed E-state index contributed by atoms with van der Waals surface area (Å²) in [5.74, 6) is -0.0351. The van der Waals surface area contributed by atoms with Gasteiger partial charge in [0.05, 0.1) is 30.2 Å². The number of fused-ring (bicyclic) bond motifs is 2. The molecule has 184 valence electrons. The summed E-state index contributed by atoms with van der Waals surface area (Å²) >= 11 is 0. The van der Waals surface area contributed by atoms with Crippen LogP contribution in [0.15, 0.2) is 58.3 Å². The molecule has 3 aromatic rings. The second kappa shape index (κ2) is 10.3. The van der Waals surface area contributed by atoms with Crippen molar-refractivity contribution in [2.45, 2.75) is 32.4 Å². The van der Waals surface area contributed by atoms with E-state index >= 15 is 0 Å². The van der Waals surface area contributed by atoms with Crippen LogP contribution in [0.1, 0.15) is 48.0 Å². The van der Waals surface area contributed by atoms with Crippen molar-refractivity contribution in [3.05, 3.63) is 82.0 Å². The third kappa shape index (κ3) is 4.79. The Hall–Kier alpha value is -3.65. The summed E-state index contributed by atoms with van der Waals surface area (Å²) in [6.07, 6.45) is 2.25. The van der Waals surface area contributed by atoms with E-state index < -0.39 is 23.2 Å². The number of carbonyl (C=O) groups is 1. The maximum absolute atomic E-state index is 13.9. The molecule has 0 saturated heterocycles. The molecule has 0 bridgehead atoms. The Balaban J connectivity index is 1.82. The van der Waals surface area contributed by atoms with Gasteiger partial charge in [-0.15, -0.1) is 0 Å². The largest absolute Gasteiger partial charge is 0.493 e. The highest BCUT2D eigenvalue weighted by molar-refractivity contribution is 5.99. The second-order valence-electron chi connectivity index (χ2n) is 8.50. The van der Waals surface area contributed by atoms with Gasteiger partial charge in [-0.3, -0.25) is 9.59 Å². The fraction of sp³-hybridized carbons (Fsp3) is 0.333. The molecule has 1 amide bonds. The summed E-state index contributed by atoms with van der Waals surface area (Å²) in [4.78, 5) is 28.6. The molecule has 1 aliphatic heterocycles. The molecule has 4 rings (SSSR count). The number of methoxy groups -OCH3 is 1. The van der Waals surface area contributed by atoms with Crippen molar-refractivity contribution in [3.8, 4) is 11.5 Å². The lowest BCUT2D eigenvalue weighted by atomic mass is 9.98. The highest BCUT2D eigenvalue weighted by Gasteiger charge is 2.42. The molecule has 1 aromatic heterocycles. The van der Waals surface area contributed by atoms with E-state index in [0.29, 0.717) is 43.2 Å². The van der Waals surface area contributed by atoms with Gasteiger partial charge in [0, 0.05) is 13.2 Å². The topological polar surface area (TPSA) is 78.2 Å². The van der Waals surface area contributed by atoms with Gasteiger partial charge in [-0.2, -0.15) is 0 Å². The molecule has 2 heterocycles. The van der Waals surface area contributed by atoms with E-state index in [2.05, 4.69) is 6.58 Å². The SMILES string of the molecule is C=CCOc1ccc(C2c3c(oc4ccc(F)cc4c3=O)C(=O)N2CCCOC(C)C)cc1OC. The van der Waals surface area contributed by atoms with Gasteiger partial charge in [-0.25, -0.2) is 4.39 Å². The molecule has 0 fully saturated rings. The van der Waals surface area contributed by atoms with E-state index in [1.165, 1.54) is 19.2 Å². The van der Waals surface area contributed by atoms with Crippen LogP contribution in [0.2, 0.25) is 0 Å². The number of nitrogens with zero attached hydrogens (tertiary/aromatic N) is 1. The van der Waals surface area contributed by atoms with Crippen molar-refractivity contribution >= 4 is 16.9 Å². The van der Waals surface area contributed by atoms with E-state index in [0.717, 1.165) is 6.07 Å². The van der Waals surface area contributed by atoms with Gasteiger partial charge in [-0.05, 0) is 56.2 Å². The smallest absolute Gasteiger partial charge is 0.290 e. The maximum Gasteiger partial charge on any atom is 0.290 e. The van der Waals surface area contributed by atoms with Crippen LogP contribution in [0.5, 0.6) is 11.5 Å². The Labute approximate surface area is 202 Å². The minimum absolute atomic E-state index is 0.0326. The lowest BCUT2D eigenvalue weighted by Crippen LogP contribution is -2.31. The Morgan fingerprint density at radius 1 is 1.17 bits per heavy atom. The molecule has 0 N–H and O–H groups in total. The normalized spacial score (nSPS) is 15.1. The predicted octanol–water partition coefficient (Wildman–Crippen LogP) is 4.87. The third-order valence-corrected chi connectivity index (χ3v) is 5.78. The van der Waals surface area contributed by atoms with Gasteiger partial charge in [0.25, 0.3) is 5.91 Å². The van der Waals surface area contributed by atoms with E-state index in [1.807, 2.05) is 13.8 Å². The zero-order valence-corrected chi connectivity index (χ0v) is 20.0. The van der Waals surface area contributed by atoms with Crippen LogP contribution in [-0.2, 0) is 4.74 Å². The maximum atomic E-state index is 13.9. The van der Waals surface area contributed by atoms with Crippen molar-refractivity contribution in [1.29, 1.82) is 0 Å². The molecule has 0 spiro atoms. The fourth-order valence-corrected chi connectivity index (χ4v) is 4.25. The Morgan fingerprint density at radius 3 is 2.69 bits per heavy atom. The predicted molar refractivity (Wildman–Crippen MR) is 130 cm³/mol. The van der Waals surface area contributed by atoms with Crippen LogP contribution in [0, 0.1) is 5.82 Å². The second-order valence-corrected chi connectivity index (χ2v) is 8.50. The Bertz CT molecular complexity index is 1320. The van der Waals surface area contributed by atoms with Crippen molar-refractivity contribution in [3.63, 3.8) is 0 Å². The number of benzene rings is 2. The molecule has 35 heavy (non-hydrogen) atoms. The molecule has 0 aliphatic carbocycles. The highest BCUT2D eigenvalue weighted by atomic mass is 19.1. The average Bonchev–Trinajstić information content (AvgIpc) is 3.12. The Morgan fingerprint density at radius 2 is 1.97 bits per heavy atom. The van der Waals surface area contributed by atoms with Gasteiger partial charge >= 0.3 is 0 Å². The first-order valence-corrected chi connectivity index (χ1v) is 11.5. The van der Waals surface area contributed by atoms with Crippen molar-refractivity contribution < 1.29 is 27.8 Å². The van der Waals surface area contributed by atoms with Crippen LogP contribution in [0.3, 0.4) is 0 Å². The summed E-state index contributed by atoms with van der Waals surface area (Å²) in [7, 11) is 1.51. The molecule has 1 aliphatic rings. The van der Waals surface area contributed by atoms with Gasteiger partial charge in [0.1, 0.15) is 18.0 Å². The molecule has 2 aromatic carbocycles. The molecular weight excluding hydrogens is 453 g/mol. The van der Waals surface area contributed by atoms with Crippen LogP contribution in [-0.4, -0.2) is 43.8 Å². The highest BCUT2D eigenvalue weighted by Crippen LogP contribution is 2.41. The number of hydrogen-bond acceptors (Lipinski definition) is 6. The van der Waals surface area contributed by atoms with Gasteiger partial charge in [-0.1, -0.05) is 18.7 Å². The van der Waals surface area contributed by atoms with Crippen molar-refractivity contribution in [2.75, 3.05) is 26.9 Å². The lowest BCUT2D eigenvalue weighted by molar-refractivity contribution is 0.0593. The zero-order valence-electron chi connectivity index (χ0n) is 20.0. The van der Waals surface area contributed by atoms with Gasteiger partial charge in [0.2, 0.25) is 5.76 Å². The monoisotopic (exact) mass is 481 g/mol. The lowest BCUT2D eigenvalue weighted by Gasteiger charge is -2.26. The van der Waals surface area contributed by atoms with Crippen LogP contribution in [0.4, 0.5) is 4.39 Å². The van der Waals surface area contributed by atoms with Crippen molar-refractivity contribution in [2.24, 2.45) is 0 Å². The fourth-order valence-electron chi connectivity index (χ4n) is 4.25. The van der Waals surface area contributed by atoms with Crippen LogP contribution in [0.25, 0.3) is 11.0 Å². The van der Waals surface area contributed by atoms with Crippen molar-refractivity contribution in [1.82, 2.24) is 4.90 Å². The molecule has 1 unspecified atom stereocenters. The van der Waals surface area contributed by atoms with E-state index in [4.69, 9.17) is 18.6 Å².